The number of carbonyl (C=O) groups is 3. The van der Waals surface area contributed by atoms with Gasteiger partial charge in [-0.25, -0.2) is 0 Å². The molecule has 0 spiro atoms. The number of benzene rings is 4. The Balaban J connectivity index is 1.34. The van der Waals surface area contributed by atoms with E-state index < -0.39 is 28.4 Å². The Kier molecular flexibility index (Phi) is 8.88. The fourth-order valence-corrected chi connectivity index (χ4v) is 6.05. The molecule has 1 saturated heterocycles. The van der Waals surface area contributed by atoms with Gasteiger partial charge in [0.2, 0.25) is 0 Å². The standard InChI is InChI=1S/C31H23IN2O7S/c1-2-40-27-15-19(14-25(32)29(27)41-18-22-8-5-7-20-6-3-4-9-24(20)22)16-28-30(36)33(31(37)42-28)17-26(35)21-10-12-23(13-11-21)34(38)39/h3-16H,2,17-18H2,1H3/b28-16+. The Hall–Kier alpha value is -4.23. The number of non-ortho nitro benzene ring substituents is 1. The van der Waals surface area contributed by atoms with Crippen molar-refractivity contribution in [3.63, 3.8) is 0 Å². The molecule has 0 aromatic heterocycles. The lowest BCUT2D eigenvalue weighted by atomic mass is 10.1. The van der Waals surface area contributed by atoms with E-state index in [1.165, 1.54) is 24.3 Å². The molecule has 9 nitrogen and oxygen atoms in total. The van der Waals surface area contributed by atoms with Crippen molar-refractivity contribution in [2.45, 2.75) is 13.5 Å². The van der Waals surface area contributed by atoms with Crippen molar-refractivity contribution in [2.75, 3.05) is 13.2 Å². The number of halogens is 1. The third-order valence-corrected chi connectivity index (χ3v) is 8.17. The molecular weight excluding hydrogens is 671 g/mol. The predicted molar refractivity (Wildman–Crippen MR) is 169 cm³/mol. The molecular formula is C31H23IN2O7S. The minimum atomic E-state index is -0.593. The van der Waals surface area contributed by atoms with Gasteiger partial charge in [-0.15, -0.1) is 0 Å². The Morgan fingerprint density at radius 2 is 1.76 bits per heavy atom. The molecule has 4 aromatic rings. The van der Waals surface area contributed by atoms with Crippen LogP contribution >= 0.6 is 34.4 Å². The van der Waals surface area contributed by atoms with Crippen molar-refractivity contribution in [2.24, 2.45) is 0 Å². The summed E-state index contributed by atoms with van der Waals surface area (Å²) in [7, 11) is 0. The highest BCUT2D eigenvalue weighted by molar-refractivity contribution is 14.1. The highest BCUT2D eigenvalue weighted by atomic mass is 127. The van der Waals surface area contributed by atoms with Gasteiger partial charge >= 0.3 is 0 Å². The summed E-state index contributed by atoms with van der Waals surface area (Å²) >= 11 is 2.89. The van der Waals surface area contributed by atoms with Crippen molar-refractivity contribution in [1.82, 2.24) is 4.90 Å². The Bertz CT molecular complexity index is 1750. The third kappa shape index (κ3) is 6.31. The summed E-state index contributed by atoms with van der Waals surface area (Å²) in [5.74, 6) is -0.0216. The molecule has 5 rings (SSSR count). The Morgan fingerprint density at radius 1 is 1.02 bits per heavy atom. The van der Waals surface area contributed by atoms with Crippen LogP contribution in [0.1, 0.15) is 28.4 Å². The van der Waals surface area contributed by atoms with Crippen molar-refractivity contribution in [3.8, 4) is 11.5 Å². The van der Waals surface area contributed by atoms with E-state index >= 15 is 0 Å². The first-order valence-electron chi connectivity index (χ1n) is 12.8. The maximum Gasteiger partial charge on any atom is 0.293 e. The van der Waals surface area contributed by atoms with E-state index in [2.05, 4.69) is 40.8 Å². The van der Waals surface area contributed by atoms with Crippen molar-refractivity contribution >= 4 is 73.8 Å². The van der Waals surface area contributed by atoms with Gasteiger partial charge in [-0.05, 0) is 93.5 Å². The summed E-state index contributed by atoms with van der Waals surface area (Å²) in [6.45, 7) is 2.12. The van der Waals surface area contributed by atoms with E-state index in [9.17, 15) is 24.5 Å². The largest absolute Gasteiger partial charge is 0.490 e. The van der Waals surface area contributed by atoms with E-state index in [0.29, 0.717) is 30.3 Å². The topological polar surface area (TPSA) is 116 Å². The predicted octanol–water partition coefficient (Wildman–Crippen LogP) is 7.25. The van der Waals surface area contributed by atoms with Gasteiger partial charge in [0.05, 0.1) is 26.6 Å². The van der Waals surface area contributed by atoms with Crippen LogP contribution < -0.4 is 9.47 Å². The van der Waals surface area contributed by atoms with Gasteiger partial charge in [-0.2, -0.15) is 0 Å². The second-order valence-corrected chi connectivity index (χ2v) is 11.3. The Morgan fingerprint density at radius 3 is 2.50 bits per heavy atom. The SMILES string of the molecule is CCOc1cc(/C=C2/SC(=O)N(CC(=O)c3ccc([N+](=O)[O-])cc3)C2=O)cc(I)c1OCc1cccc2ccccc12. The first kappa shape index (κ1) is 29.3. The zero-order valence-electron chi connectivity index (χ0n) is 22.2. The lowest BCUT2D eigenvalue weighted by molar-refractivity contribution is -0.384. The summed E-state index contributed by atoms with van der Waals surface area (Å²) in [4.78, 5) is 49.7. The number of hydrogen-bond acceptors (Lipinski definition) is 8. The van der Waals surface area contributed by atoms with Crippen LogP contribution in [-0.2, 0) is 11.4 Å². The van der Waals surface area contributed by atoms with E-state index in [0.717, 1.165) is 36.6 Å². The molecule has 0 saturated carbocycles. The minimum Gasteiger partial charge on any atom is -0.490 e. The number of ketones is 1. The van der Waals surface area contributed by atoms with Crippen LogP contribution in [0.2, 0.25) is 0 Å². The molecule has 4 aromatic carbocycles. The maximum absolute atomic E-state index is 13.1. The summed E-state index contributed by atoms with van der Waals surface area (Å²) in [6, 6.07) is 22.7. The second kappa shape index (κ2) is 12.7. The molecule has 2 amide bonds. The fraction of sp³-hybridized carbons (Fsp3) is 0.129. The average molecular weight is 695 g/mol. The molecule has 11 heteroatoms. The first-order valence-corrected chi connectivity index (χ1v) is 14.7. The van der Waals surface area contributed by atoms with Crippen LogP contribution in [0.15, 0.2) is 83.8 Å². The molecule has 0 bridgehead atoms. The van der Waals surface area contributed by atoms with Crippen molar-refractivity contribution in [3.05, 3.63) is 114 Å². The zero-order chi connectivity index (χ0) is 29.8. The number of ether oxygens (including phenoxy) is 2. The smallest absolute Gasteiger partial charge is 0.293 e. The Labute approximate surface area is 258 Å². The lowest BCUT2D eigenvalue weighted by Gasteiger charge is -2.16. The number of amides is 2. The number of nitro groups is 1. The number of Topliss-reactive ketones (excluding diaryl/α,β-unsaturated/α-hetero) is 1. The molecule has 0 N–H and O–H groups in total. The van der Waals surface area contributed by atoms with E-state index in [1.54, 1.807) is 12.1 Å². The van der Waals surface area contributed by atoms with E-state index in [1.807, 2.05) is 37.3 Å². The molecule has 0 radical (unpaired) electrons. The van der Waals surface area contributed by atoms with Gasteiger partial charge in [0.15, 0.2) is 17.3 Å². The number of carbonyl (C=O) groups excluding carboxylic acids is 3. The number of thioether (sulfide) groups is 1. The number of hydrogen-bond donors (Lipinski definition) is 0. The van der Waals surface area contributed by atoms with Crippen molar-refractivity contribution in [1.29, 1.82) is 0 Å². The quantitative estimate of drug-likeness (QED) is 0.0561. The zero-order valence-corrected chi connectivity index (χ0v) is 25.2. The highest BCUT2D eigenvalue weighted by Crippen LogP contribution is 2.38. The molecule has 0 unspecified atom stereocenters. The summed E-state index contributed by atoms with van der Waals surface area (Å²) in [5, 5.41) is 12.5. The number of imide groups is 1. The van der Waals surface area contributed by atoms with Crippen LogP contribution in [0.4, 0.5) is 10.5 Å². The van der Waals surface area contributed by atoms with Crippen LogP contribution in [0.3, 0.4) is 0 Å². The number of rotatable bonds is 10. The van der Waals surface area contributed by atoms with E-state index in [4.69, 9.17) is 9.47 Å². The van der Waals surface area contributed by atoms with Crippen LogP contribution in [0, 0.1) is 13.7 Å². The van der Waals surface area contributed by atoms with Gasteiger partial charge in [0.1, 0.15) is 6.61 Å². The van der Waals surface area contributed by atoms with Gasteiger partial charge in [0.25, 0.3) is 16.8 Å². The maximum atomic E-state index is 13.1. The van der Waals surface area contributed by atoms with Crippen LogP contribution in [0.25, 0.3) is 16.8 Å². The van der Waals surface area contributed by atoms with Gasteiger partial charge in [0, 0.05) is 17.7 Å². The molecule has 1 aliphatic rings. The number of fused-ring (bicyclic) bond motifs is 1. The fourth-order valence-electron chi connectivity index (χ4n) is 4.43. The van der Waals surface area contributed by atoms with Gasteiger partial charge in [-0.3, -0.25) is 29.4 Å². The minimum absolute atomic E-state index is 0.160. The first-order chi connectivity index (χ1) is 20.2. The number of nitro benzene ring substituents is 1. The lowest BCUT2D eigenvalue weighted by Crippen LogP contribution is -2.33. The highest BCUT2D eigenvalue weighted by Gasteiger charge is 2.36. The number of nitrogens with zero attached hydrogens (tertiary/aromatic N) is 2. The monoisotopic (exact) mass is 694 g/mol. The molecule has 42 heavy (non-hydrogen) atoms. The molecule has 1 aliphatic heterocycles. The molecule has 212 valence electrons. The molecule has 1 fully saturated rings. The molecule has 0 aliphatic carbocycles. The van der Waals surface area contributed by atoms with Crippen LogP contribution in [-0.4, -0.2) is 39.9 Å². The molecule has 1 heterocycles. The average Bonchev–Trinajstić information content (AvgIpc) is 3.24. The second-order valence-electron chi connectivity index (χ2n) is 9.18. The van der Waals surface area contributed by atoms with E-state index in [-0.39, 0.29) is 16.2 Å². The van der Waals surface area contributed by atoms with Crippen molar-refractivity contribution < 1.29 is 28.8 Å². The summed E-state index contributed by atoms with van der Waals surface area (Å²) in [6.07, 6.45) is 1.58. The summed E-state index contributed by atoms with van der Waals surface area (Å²) < 4.78 is 12.9. The molecule has 0 atom stereocenters. The normalized spacial score (nSPS) is 14.0. The van der Waals surface area contributed by atoms with Gasteiger partial charge < -0.3 is 9.47 Å². The third-order valence-electron chi connectivity index (χ3n) is 6.46. The van der Waals surface area contributed by atoms with Gasteiger partial charge in [-0.1, -0.05) is 42.5 Å². The van der Waals surface area contributed by atoms with Crippen LogP contribution in [0.5, 0.6) is 11.5 Å². The summed E-state index contributed by atoms with van der Waals surface area (Å²) in [5.41, 5.74) is 1.67.